The molecule has 1 aromatic carbocycles. The second kappa shape index (κ2) is 7.77. The van der Waals surface area contributed by atoms with Crippen molar-refractivity contribution in [3.05, 3.63) is 34.6 Å². The molecule has 3 atom stereocenters. The molecule has 1 aliphatic carbocycles. The summed E-state index contributed by atoms with van der Waals surface area (Å²) in [6.07, 6.45) is 3.29. The van der Waals surface area contributed by atoms with E-state index in [1.807, 2.05) is 0 Å². The summed E-state index contributed by atoms with van der Waals surface area (Å²) in [5, 5.41) is 3.11. The van der Waals surface area contributed by atoms with Crippen molar-refractivity contribution in [2.75, 3.05) is 0 Å². The lowest BCUT2D eigenvalue weighted by molar-refractivity contribution is -0.130. The minimum atomic E-state index is -0.980. The lowest BCUT2D eigenvalue weighted by Gasteiger charge is -2.30. The maximum Gasteiger partial charge on any atom is 0.341 e. The van der Waals surface area contributed by atoms with Crippen molar-refractivity contribution in [1.29, 1.82) is 0 Å². The first-order chi connectivity index (χ1) is 10.9. The van der Waals surface area contributed by atoms with Crippen LogP contribution in [0.2, 0.25) is 5.02 Å². The van der Waals surface area contributed by atoms with Crippen LogP contribution in [0.25, 0.3) is 0 Å². The van der Waals surface area contributed by atoms with Crippen LogP contribution < -0.4 is 5.32 Å². The van der Waals surface area contributed by atoms with Gasteiger partial charge in [0.1, 0.15) is 5.82 Å². The summed E-state index contributed by atoms with van der Waals surface area (Å²) < 4.78 is 18.8. The lowest BCUT2D eigenvalue weighted by Crippen LogP contribution is -2.46. The topological polar surface area (TPSA) is 55.4 Å². The summed E-state index contributed by atoms with van der Waals surface area (Å²) in [4.78, 5) is 24.1. The van der Waals surface area contributed by atoms with Crippen LogP contribution in [0.1, 0.15) is 49.9 Å². The van der Waals surface area contributed by atoms with E-state index >= 15 is 0 Å². The summed E-state index contributed by atoms with van der Waals surface area (Å²) in [7, 11) is 0. The fourth-order valence-electron chi connectivity index (χ4n) is 2.76. The first-order valence-electron chi connectivity index (χ1n) is 7.85. The minimum absolute atomic E-state index is 0.102. The monoisotopic (exact) mass is 341 g/mol. The van der Waals surface area contributed by atoms with Gasteiger partial charge in [-0.05, 0) is 43.9 Å². The molecule has 0 radical (unpaired) electrons. The number of amides is 1. The van der Waals surface area contributed by atoms with Gasteiger partial charge in [-0.2, -0.15) is 0 Å². The van der Waals surface area contributed by atoms with Gasteiger partial charge in [0.05, 0.1) is 5.56 Å². The summed E-state index contributed by atoms with van der Waals surface area (Å²) in [6.45, 7) is 3.58. The standard InChI is InChI=1S/C17H21ClFNO3/c1-10-5-3-4-6-15(10)20-16(21)11(2)23-17(22)13-8-7-12(18)9-14(13)19/h7-11,15H,3-6H2,1-2H3,(H,20,21)/t10-,11-,15+/m1/s1. The molecule has 126 valence electrons. The summed E-state index contributed by atoms with van der Waals surface area (Å²) in [5.41, 5.74) is -0.236. The third kappa shape index (κ3) is 4.67. The van der Waals surface area contributed by atoms with Crippen LogP contribution in [-0.2, 0) is 9.53 Å². The van der Waals surface area contributed by atoms with E-state index in [4.69, 9.17) is 16.3 Å². The van der Waals surface area contributed by atoms with Gasteiger partial charge in [0.15, 0.2) is 6.10 Å². The van der Waals surface area contributed by atoms with Crippen LogP contribution in [0, 0.1) is 11.7 Å². The molecule has 1 aliphatic rings. The van der Waals surface area contributed by atoms with Crippen LogP contribution in [0.3, 0.4) is 0 Å². The van der Waals surface area contributed by atoms with E-state index in [0.717, 1.165) is 25.3 Å². The van der Waals surface area contributed by atoms with Gasteiger partial charge < -0.3 is 10.1 Å². The Labute approximate surface area is 140 Å². The van der Waals surface area contributed by atoms with Crippen LogP contribution >= 0.6 is 11.6 Å². The Balaban J connectivity index is 1.93. The van der Waals surface area contributed by atoms with Crippen molar-refractivity contribution in [2.45, 2.75) is 51.7 Å². The molecule has 4 nitrogen and oxygen atoms in total. The third-order valence-electron chi connectivity index (χ3n) is 4.24. The average Bonchev–Trinajstić information content (AvgIpc) is 2.49. The molecule has 23 heavy (non-hydrogen) atoms. The highest BCUT2D eigenvalue weighted by Gasteiger charge is 2.27. The molecule has 1 saturated carbocycles. The Hall–Kier alpha value is -1.62. The van der Waals surface area contributed by atoms with Crippen LogP contribution in [0.4, 0.5) is 4.39 Å². The molecule has 2 rings (SSSR count). The van der Waals surface area contributed by atoms with Gasteiger partial charge >= 0.3 is 5.97 Å². The molecular weight excluding hydrogens is 321 g/mol. The highest BCUT2D eigenvalue weighted by molar-refractivity contribution is 6.30. The largest absolute Gasteiger partial charge is 0.449 e. The minimum Gasteiger partial charge on any atom is -0.449 e. The fraction of sp³-hybridized carbons (Fsp3) is 0.529. The molecule has 1 fully saturated rings. The quantitative estimate of drug-likeness (QED) is 0.849. The number of ether oxygens (including phenoxy) is 1. The number of carbonyl (C=O) groups excluding carboxylic acids is 2. The Morgan fingerprint density at radius 1 is 1.35 bits per heavy atom. The van der Waals surface area contributed by atoms with Gasteiger partial charge in [-0.25, -0.2) is 9.18 Å². The molecule has 1 aromatic rings. The maximum absolute atomic E-state index is 13.7. The van der Waals surface area contributed by atoms with Crippen molar-refractivity contribution in [2.24, 2.45) is 5.92 Å². The lowest BCUT2D eigenvalue weighted by atomic mass is 9.86. The van der Waals surface area contributed by atoms with Gasteiger partial charge in [0, 0.05) is 11.1 Å². The molecule has 0 heterocycles. The molecule has 0 aromatic heterocycles. The fourth-order valence-corrected chi connectivity index (χ4v) is 2.92. The second-order valence-corrected chi connectivity index (χ2v) is 6.48. The molecule has 0 bridgehead atoms. The normalized spacial score (nSPS) is 22.3. The first-order valence-corrected chi connectivity index (χ1v) is 8.22. The van der Waals surface area contributed by atoms with Crippen LogP contribution in [0.5, 0.6) is 0 Å². The SMILES string of the molecule is C[C@@H]1CCCC[C@@H]1NC(=O)[C@@H](C)OC(=O)c1ccc(Cl)cc1F. The number of carbonyl (C=O) groups is 2. The van der Waals surface area contributed by atoms with E-state index in [1.165, 1.54) is 25.5 Å². The highest BCUT2D eigenvalue weighted by atomic mass is 35.5. The summed E-state index contributed by atoms with van der Waals surface area (Å²) >= 11 is 5.64. The number of nitrogens with one attached hydrogen (secondary N) is 1. The Morgan fingerprint density at radius 2 is 2.04 bits per heavy atom. The molecule has 6 heteroatoms. The molecule has 0 unspecified atom stereocenters. The molecular formula is C17H21ClFNO3. The van der Waals surface area contributed by atoms with Gasteiger partial charge in [-0.15, -0.1) is 0 Å². The van der Waals surface area contributed by atoms with Gasteiger partial charge in [0.25, 0.3) is 5.91 Å². The maximum atomic E-state index is 13.7. The molecule has 1 N–H and O–H groups in total. The molecule has 1 amide bonds. The smallest absolute Gasteiger partial charge is 0.341 e. The average molecular weight is 342 g/mol. The first kappa shape index (κ1) is 17.7. The number of hydrogen-bond donors (Lipinski definition) is 1. The van der Waals surface area contributed by atoms with Crippen molar-refractivity contribution >= 4 is 23.5 Å². The van der Waals surface area contributed by atoms with Gasteiger partial charge in [-0.1, -0.05) is 31.4 Å². The van der Waals surface area contributed by atoms with Crippen LogP contribution in [-0.4, -0.2) is 24.0 Å². The van der Waals surface area contributed by atoms with Crippen LogP contribution in [0.15, 0.2) is 18.2 Å². The summed E-state index contributed by atoms with van der Waals surface area (Å²) in [6, 6.07) is 3.78. The van der Waals surface area contributed by atoms with Gasteiger partial charge in [0.2, 0.25) is 0 Å². The zero-order valence-corrected chi connectivity index (χ0v) is 14.0. The number of rotatable bonds is 4. The number of halogens is 2. The third-order valence-corrected chi connectivity index (χ3v) is 4.48. The predicted molar refractivity (Wildman–Crippen MR) is 85.9 cm³/mol. The van der Waals surface area contributed by atoms with Crippen molar-refractivity contribution < 1.29 is 18.7 Å². The summed E-state index contributed by atoms with van der Waals surface area (Å²) in [5.74, 6) is -1.59. The van der Waals surface area contributed by atoms with E-state index in [0.29, 0.717) is 5.92 Å². The molecule has 0 aliphatic heterocycles. The van der Waals surface area contributed by atoms with E-state index in [2.05, 4.69) is 12.2 Å². The number of benzene rings is 1. The van der Waals surface area contributed by atoms with E-state index in [-0.39, 0.29) is 22.5 Å². The Bertz CT molecular complexity index is 593. The van der Waals surface area contributed by atoms with E-state index < -0.39 is 17.9 Å². The van der Waals surface area contributed by atoms with E-state index in [9.17, 15) is 14.0 Å². The molecule has 0 saturated heterocycles. The zero-order chi connectivity index (χ0) is 17.0. The molecule has 0 spiro atoms. The number of hydrogen-bond acceptors (Lipinski definition) is 3. The van der Waals surface area contributed by atoms with Crippen molar-refractivity contribution in [1.82, 2.24) is 5.32 Å². The van der Waals surface area contributed by atoms with Crippen molar-refractivity contribution in [3.8, 4) is 0 Å². The van der Waals surface area contributed by atoms with E-state index in [1.54, 1.807) is 0 Å². The highest BCUT2D eigenvalue weighted by Crippen LogP contribution is 2.24. The zero-order valence-electron chi connectivity index (χ0n) is 13.3. The second-order valence-electron chi connectivity index (χ2n) is 6.05. The Morgan fingerprint density at radius 3 is 2.70 bits per heavy atom. The van der Waals surface area contributed by atoms with Crippen molar-refractivity contribution in [3.63, 3.8) is 0 Å². The Kier molecular flexibility index (Phi) is 5.99. The predicted octanol–water partition coefficient (Wildman–Crippen LogP) is 3.72. The number of esters is 1. The van der Waals surface area contributed by atoms with Gasteiger partial charge in [-0.3, -0.25) is 4.79 Å².